The summed E-state index contributed by atoms with van der Waals surface area (Å²) in [6, 6.07) is 1.10. The quantitative estimate of drug-likeness (QED) is 0.715. The topological polar surface area (TPSA) is 99.3 Å². The van der Waals surface area contributed by atoms with Gasteiger partial charge in [-0.2, -0.15) is 0 Å². The Hall–Kier alpha value is -0.890. The van der Waals surface area contributed by atoms with Crippen molar-refractivity contribution in [3.63, 3.8) is 0 Å². The van der Waals surface area contributed by atoms with Gasteiger partial charge in [0.15, 0.2) is 0 Å². The van der Waals surface area contributed by atoms with Crippen molar-refractivity contribution < 1.29 is 13.5 Å². The van der Waals surface area contributed by atoms with Gasteiger partial charge in [0.05, 0.1) is 4.90 Å². The summed E-state index contributed by atoms with van der Waals surface area (Å²) >= 11 is 5.57. The van der Waals surface area contributed by atoms with Crippen LogP contribution in [0.2, 0.25) is 5.02 Å². The molecule has 1 aromatic rings. The fourth-order valence-corrected chi connectivity index (χ4v) is 2.88. The van der Waals surface area contributed by atoms with Crippen molar-refractivity contribution in [2.24, 2.45) is 5.41 Å². The van der Waals surface area contributed by atoms with E-state index in [1.54, 1.807) is 0 Å². The van der Waals surface area contributed by atoms with E-state index in [0.29, 0.717) is 0 Å². The van der Waals surface area contributed by atoms with Gasteiger partial charge < -0.3 is 10.1 Å². The highest BCUT2D eigenvalue weighted by Crippen LogP contribution is 2.44. The zero-order chi connectivity index (χ0) is 13.4. The average molecular weight is 293 g/mol. The second-order valence-electron chi connectivity index (χ2n) is 4.50. The summed E-state index contributed by atoms with van der Waals surface area (Å²) in [7, 11) is -3.72. The molecule has 1 heterocycles. The van der Waals surface area contributed by atoms with Crippen molar-refractivity contribution in [1.29, 1.82) is 0 Å². The predicted molar refractivity (Wildman–Crippen MR) is 66.0 cm³/mol. The van der Waals surface area contributed by atoms with E-state index in [4.69, 9.17) is 16.7 Å². The van der Waals surface area contributed by atoms with Crippen molar-refractivity contribution in [3.05, 3.63) is 27.6 Å². The molecule has 0 saturated heterocycles. The molecule has 1 aliphatic carbocycles. The van der Waals surface area contributed by atoms with Gasteiger partial charge in [-0.3, -0.25) is 4.79 Å². The number of aromatic nitrogens is 1. The molecule has 2 rings (SSSR count). The Balaban J connectivity index is 2.15. The van der Waals surface area contributed by atoms with Crippen LogP contribution in [-0.2, 0) is 10.0 Å². The van der Waals surface area contributed by atoms with E-state index in [1.165, 1.54) is 0 Å². The Morgan fingerprint density at radius 1 is 1.50 bits per heavy atom. The van der Waals surface area contributed by atoms with Gasteiger partial charge in [-0.25, -0.2) is 13.1 Å². The van der Waals surface area contributed by atoms with E-state index >= 15 is 0 Å². The van der Waals surface area contributed by atoms with E-state index in [2.05, 4.69) is 9.71 Å². The van der Waals surface area contributed by atoms with E-state index in [1.807, 2.05) is 0 Å². The number of aliphatic hydroxyl groups excluding tert-OH is 1. The Morgan fingerprint density at radius 2 is 2.17 bits per heavy atom. The van der Waals surface area contributed by atoms with Gasteiger partial charge >= 0.3 is 0 Å². The van der Waals surface area contributed by atoms with E-state index in [9.17, 15) is 13.2 Å². The van der Waals surface area contributed by atoms with Crippen LogP contribution in [0.25, 0.3) is 0 Å². The molecule has 0 atom stereocenters. The molecule has 0 spiro atoms. The summed E-state index contributed by atoms with van der Waals surface area (Å²) in [6.45, 7) is 0.143. The molecule has 8 heteroatoms. The van der Waals surface area contributed by atoms with Gasteiger partial charge in [-0.1, -0.05) is 11.6 Å². The maximum Gasteiger partial charge on any atom is 0.266 e. The third-order valence-corrected chi connectivity index (χ3v) is 4.73. The van der Waals surface area contributed by atoms with Gasteiger partial charge in [0.2, 0.25) is 10.0 Å². The van der Waals surface area contributed by atoms with Crippen LogP contribution in [0.3, 0.4) is 0 Å². The first-order valence-corrected chi connectivity index (χ1v) is 7.23. The number of hydrogen-bond donors (Lipinski definition) is 3. The second kappa shape index (κ2) is 4.65. The number of aromatic amines is 1. The van der Waals surface area contributed by atoms with Gasteiger partial charge in [0, 0.05) is 24.8 Å². The van der Waals surface area contributed by atoms with Crippen LogP contribution in [-0.4, -0.2) is 31.7 Å². The Morgan fingerprint density at radius 3 is 2.67 bits per heavy atom. The van der Waals surface area contributed by atoms with Gasteiger partial charge in [-0.05, 0) is 18.9 Å². The third-order valence-electron chi connectivity index (χ3n) is 3.07. The maximum atomic E-state index is 11.9. The highest BCUT2D eigenvalue weighted by atomic mass is 35.5. The molecular weight excluding hydrogens is 280 g/mol. The van der Waals surface area contributed by atoms with Gasteiger partial charge in [0.1, 0.15) is 5.02 Å². The molecule has 0 aliphatic heterocycles. The first kappa shape index (κ1) is 13.5. The molecule has 0 amide bonds. The summed E-state index contributed by atoms with van der Waals surface area (Å²) in [5, 5.41) is 8.92. The molecule has 1 saturated carbocycles. The highest BCUT2D eigenvalue weighted by molar-refractivity contribution is 7.89. The number of halogens is 1. The standard InChI is InChI=1S/C10H13ClN2O4S/c11-8-3-7(4-12-9(8)15)18(16,17)13-5-10(6-14)1-2-10/h3-4,13-14H,1-2,5-6H2,(H,12,15). The summed E-state index contributed by atoms with van der Waals surface area (Å²) in [6.07, 6.45) is 2.70. The van der Waals surface area contributed by atoms with Crippen LogP contribution < -0.4 is 10.3 Å². The number of hydrogen-bond acceptors (Lipinski definition) is 4. The number of pyridine rings is 1. The minimum Gasteiger partial charge on any atom is -0.396 e. The molecular formula is C10H13ClN2O4S. The molecule has 18 heavy (non-hydrogen) atoms. The first-order chi connectivity index (χ1) is 8.38. The van der Waals surface area contributed by atoms with Crippen molar-refractivity contribution in [2.45, 2.75) is 17.7 Å². The lowest BCUT2D eigenvalue weighted by molar-refractivity contribution is 0.213. The van der Waals surface area contributed by atoms with Crippen LogP contribution in [0.5, 0.6) is 0 Å². The maximum absolute atomic E-state index is 11.9. The van der Waals surface area contributed by atoms with Crippen molar-refractivity contribution in [3.8, 4) is 0 Å². The van der Waals surface area contributed by atoms with E-state index < -0.39 is 15.6 Å². The number of H-pyrrole nitrogens is 1. The highest BCUT2D eigenvalue weighted by Gasteiger charge is 2.42. The third kappa shape index (κ3) is 2.74. The van der Waals surface area contributed by atoms with Crippen LogP contribution in [0.1, 0.15) is 12.8 Å². The SMILES string of the molecule is O=c1[nH]cc(S(=O)(=O)NCC2(CO)CC2)cc1Cl. The zero-order valence-corrected chi connectivity index (χ0v) is 11.0. The molecule has 1 fully saturated rings. The molecule has 0 radical (unpaired) electrons. The fourth-order valence-electron chi connectivity index (χ4n) is 1.49. The molecule has 0 unspecified atom stereocenters. The number of nitrogens with one attached hydrogen (secondary N) is 2. The zero-order valence-electron chi connectivity index (χ0n) is 9.44. The Kier molecular flexibility index (Phi) is 3.50. The minimum atomic E-state index is -3.72. The summed E-state index contributed by atoms with van der Waals surface area (Å²) in [5.41, 5.74) is -0.858. The average Bonchev–Trinajstić information content (AvgIpc) is 3.11. The smallest absolute Gasteiger partial charge is 0.266 e. The molecule has 6 nitrogen and oxygen atoms in total. The van der Waals surface area contributed by atoms with Crippen molar-refractivity contribution >= 4 is 21.6 Å². The summed E-state index contributed by atoms with van der Waals surface area (Å²) < 4.78 is 26.2. The molecule has 1 aliphatic rings. The van der Waals surface area contributed by atoms with Crippen LogP contribution in [0.4, 0.5) is 0 Å². The number of sulfonamides is 1. The van der Waals surface area contributed by atoms with Gasteiger partial charge in [0.25, 0.3) is 5.56 Å². The first-order valence-electron chi connectivity index (χ1n) is 5.37. The Bertz CT molecular complexity index is 607. The molecule has 0 aromatic carbocycles. The molecule has 3 N–H and O–H groups in total. The van der Waals surface area contributed by atoms with Crippen LogP contribution in [0.15, 0.2) is 22.0 Å². The van der Waals surface area contributed by atoms with Gasteiger partial charge in [-0.15, -0.1) is 0 Å². The largest absolute Gasteiger partial charge is 0.396 e. The van der Waals surface area contributed by atoms with Crippen LogP contribution >= 0.6 is 11.6 Å². The Labute approximate surface area is 109 Å². The summed E-state index contributed by atoms with van der Waals surface area (Å²) in [4.78, 5) is 13.2. The van der Waals surface area contributed by atoms with Crippen LogP contribution in [0, 0.1) is 5.41 Å². The monoisotopic (exact) mass is 292 g/mol. The van der Waals surface area contributed by atoms with Crippen molar-refractivity contribution in [1.82, 2.24) is 9.71 Å². The summed E-state index contributed by atoms with van der Waals surface area (Å²) in [5.74, 6) is 0. The fraction of sp³-hybridized carbons (Fsp3) is 0.500. The lowest BCUT2D eigenvalue weighted by Gasteiger charge is -2.13. The number of aliphatic hydroxyl groups is 1. The second-order valence-corrected chi connectivity index (χ2v) is 6.67. The normalized spacial score (nSPS) is 17.7. The lowest BCUT2D eigenvalue weighted by Crippen LogP contribution is -2.32. The predicted octanol–water partition coefficient (Wildman–Crippen LogP) is 0.0791. The molecule has 0 bridgehead atoms. The number of rotatable bonds is 5. The van der Waals surface area contributed by atoms with E-state index in [-0.39, 0.29) is 28.5 Å². The minimum absolute atomic E-state index is 0.0398. The lowest BCUT2D eigenvalue weighted by atomic mass is 10.1. The van der Waals surface area contributed by atoms with E-state index in [0.717, 1.165) is 25.1 Å². The molecule has 1 aromatic heterocycles. The van der Waals surface area contributed by atoms with Crippen molar-refractivity contribution in [2.75, 3.05) is 13.2 Å². The molecule has 100 valence electrons.